The van der Waals surface area contributed by atoms with Crippen LogP contribution in [0, 0.1) is 16.0 Å². The van der Waals surface area contributed by atoms with E-state index in [4.69, 9.17) is 4.74 Å². The number of nitro benzene ring substituents is 1. The second-order valence-corrected chi connectivity index (χ2v) is 5.56. The van der Waals surface area contributed by atoms with Crippen molar-refractivity contribution in [2.45, 2.75) is 19.8 Å². The summed E-state index contributed by atoms with van der Waals surface area (Å²) in [5.41, 5.74) is 0.525. The lowest BCUT2D eigenvalue weighted by Gasteiger charge is -2.30. The minimum atomic E-state index is -0.399. The zero-order valence-corrected chi connectivity index (χ0v) is 12.7. The number of para-hydroxylation sites is 1. The SMILES string of the molecule is COc1cccc(NCCN2CCC(C)CC2)c1[N+](=O)[O-]. The Balaban J connectivity index is 1.92. The lowest BCUT2D eigenvalue weighted by molar-refractivity contribution is -0.384. The second-order valence-electron chi connectivity index (χ2n) is 5.56. The average molecular weight is 293 g/mol. The van der Waals surface area contributed by atoms with Crippen LogP contribution < -0.4 is 10.1 Å². The Morgan fingerprint density at radius 3 is 2.76 bits per heavy atom. The van der Waals surface area contributed by atoms with E-state index in [0.29, 0.717) is 12.2 Å². The lowest BCUT2D eigenvalue weighted by Crippen LogP contribution is -2.36. The maximum Gasteiger partial charge on any atom is 0.333 e. The lowest BCUT2D eigenvalue weighted by atomic mass is 9.99. The Kier molecular flexibility index (Phi) is 5.38. The van der Waals surface area contributed by atoms with E-state index in [2.05, 4.69) is 17.1 Å². The number of hydrogen-bond donors (Lipinski definition) is 1. The molecule has 6 nitrogen and oxygen atoms in total. The number of ether oxygens (including phenoxy) is 1. The zero-order chi connectivity index (χ0) is 15.2. The molecule has 0 spiro atoms. The summed E-state index contributed by atoms with van der Waals surface area (Å²) in [6, 6.07) is 5.09. The molecular formula is C15H23N3O3. The summed E-state index contributed by atoms with van der Waals surface area (Å²) in [4.78, 5) is 13.2. The first-order valence-corrected chi connectivity index (χ1v) is 7.39. The van der Waals surface area contributed by atoms with Crippen molar-refractivity contribution in [2.75, 3.05) is 38.6 Å². The number of benzene rings is 1. The third kappa shape index (κ3) is 4.07. The van der Waals surface area contributed by atoms with Gasteiger partial charge in [-0.3, -0.25) is 10.1 Å². The van der Waals surface area contributed by atoms with Crippen molar-refractivity contribution in [3.8, 4) is 5.75 Å². The third-order valence-electron chi connectivity index (χ3n) is 4.02. The van der Waals surface area contributed by atoms with Gasteiger partial charge in [0.25, 0.3) is 0 Å². The number of likely N-dealkylation sites (tertiary alicyclic amines) is 1. The minimum Gasteiger partial charge on any atom is -0.490 e. The number of piperidine rings is 1. The van der Waals surface area contributed by atoms with Crippen molar-refractivity contribution in [3.63, 3.8) is 0 Å². The highest BCUT2D eigenvalue weighted by Gasteiger charge is 2.20. The van der Waals surface area contributed by atoms with E-state index >= 15 is 0 Å². The quantitative estimate of drug-likeness (QED) is 0.645. The van der Waals surface area contributed by atoms with Gasteiger partial charge in [0.1, 0.15) is 5.69 Å². The van der Waals surface area contributed by atoms with Crippen LogP contribution in [0.4, 0.5) is 11.4 Å². The van der Waals surface area contributed by atoms with Gasteiger partial charge < -0.3 is 15.0 Å². The number of rotatable bonds is 6. The molecule has 0 bridgehead atoms. The molecule has 0 unspecified atom stereocenters. The monoisotopic (exact) mass is 293 g/mol. The molecule has 0 atom stereocenters. The fraction of sp³-hybridized carbons (Fsp3) is 0.600. The molecule has 1 aromatic rings. The van der Waals surface area contributed by atoms with Crippen LogP contribution in [0.15, 0.2) is 18.2 Å². The van der Waals surface area contributed by atoms with Crippen molar-refractivity contribution < 1.29 is 9.66 Å². The van der Waals surface area contributed by atoms with Crippen LogP contribution in [-0.2, 0) is 0 Å². The second kappa shape index (κ2) is 7.26. The summed E-state index contributed by atoms with van der Waals surface area (Å²) in [7, 11) is 1.45. The summed E-state index contributed by atoms with van der Waals surface area (Å²) < 4.78 is 5.06. The topological polar surface area (TPSA) is 67.6 Å². The van der Waals surface area contributed by atoms with Gasteiger partial charge in [0.15, 0.2) is 5.75 Å². The highest BCUT2D eigenvalue weighted by atomic mass is 16.6. The maximum atomic E-state index is 11.2. The van der Waals surface area contributed by atoms with E-state index in [-0.39, 0.29) is 11.4 Å². The molecule has 1 aliphatic rings. The van der Waals surface area contributed by atoms with Gasteiger partial charge in [-0.05, 0) is 44.0 Å². The molecule has 0 saturated carbocycles. The Morgan fingerprint density at radius 2 is 2.14 bits per heavy atom. The molecule has 2 rings (SSSR count). The molecule has 1 fully saturated rings. The predicted molar refractivity (Wildman–Crippen MR) is 83.0 cm³/mol. The van der Waals surface area contributed by atoms with Gasteiger partial charge >= 0.3 is 5.69 Å². The molecule has 6 heteroatoms. The van der Waals surface area contributed by atoms with Gasteiger partial charge in [0.05, 0.1) is 12.0 Å². The molecule has 0 radical (unpaired) electrons. The van der Waals surface area contributed by atoms with Gasteiger partial charge in [-0.1, -0.05) is 13.0 Å². The summed E-state index contributed by atoms with van der Waals surface area (Å²) >= 11 is 0. The van der Waals surface area contributed by atoms with Crippen LogP contribution in [-0.4, -0.2) is 43.1 Å². The van der Waals surface area contributed by atoms with E-state index in [1.807, 2.05) is 0 Å². The average Bonchev–Trinajstić information content (AvgIpc) is 2.48. The third-order valence-corrected chi connectivity index (χ3v) is 4.02. The summed E-state index contributed by atoms with van der Waals surface area (Å²) in [6.07, 6.45) is 2.47. The van der Waals surface area contributed by atoms with Crippen LogP contribution in [0.25, 0.3) is 0 Å². The van der Waals surface area contributed by atoms with Gasteiger partial charge in [0, 0.05) is 13.1 Å². The van der Waals surface area contributed by atoms with E-state index in [0.717, 1.165) is 25.6 Å². The molecule has 0 amide bonds. The molecule has 1 aromatic carbocycles. The van der Waals surface area contributed by atoms with Gasteiger partial charge in [-0.2, -0.15) is 0 Å². The van der Waals surface area contributed by atoms with Crippen molar-refractivity contribution in [1.29, 1.82) is 0 Å². The maximum absolute atomic E-state index is 11.2. The number of nitro groups is 1. The molecule has 1 heterocycles. The van der Waals surface area contributed by atoms with E-state index in [1.165, 1.54) is 20.0 Å². The largest absolute Gasteiger partial charge is 0.490 e. The molecule has 0 aromatic heterocycles. The molecule has 21 heavy (non-hydrogen) atoms. The molecule has 1 N–H and O–H groups in total. The highest BCUT2D eigenvalue weighted by molar-refractivity contribution is 5.68. The van der Waals surface area contributed by atoms with Gasteiger partial charge in [-0.15, -0.1) is 0 Å². The Bertz CT molecular complexity index is 485. The summed E-state index contributed by atoms with van der Waals surface area (Å²) in [5.74, 6) is 1.10. The van der Waals surface area contributed by atoms with Crippen molar-refractivity contribution in [3.05, 3.63) is 28.3 Å². The van der Waals surface area contributed by atoms with E-state index in [9.17, 15) is 10.1 Å². The Hall–Kier alpha value is -1.82. The number of hydrogen-bond acceptors (Lipinski definition) is 5. The van der Waals surface area contributed by atoms with E-state index < -0.39 is 4.92 Å². The molecule has 1 saturated heterocycles. The number of nitrogens with one attached hydrogen (secondary N) is 1. The number of nitrogens with zero attached hydrogens (tertiary/aromatic N) is 2. The first kappa shape index (κ1) is 15.6. The summed E-state index contributed by atoms with van der Waals surface area (Å²) in [5, 5.41) is 14.3. The van der Waals surface area contributed by atoms with Crippen LogP contribution in [0.2, 0.25) is 0 Å². The fourth-order valence-corrected chi connectivity index (χ4v) is 2.65. The zero-order valence-electron chi connectivity index (χ0n) is 12.7. The highest BCUT2D eigenvalue weighted by Crippen LogP contribution is 2.34. The van der Waals surface area contributed by atoms with Crippen LogP contribution >= 0.6 is 0 Å². The van der Waals surface area contributed by atoms with E-state index in [1.54, 1.807) is 18.2 Å². The molecular weight excluding hydrogens is 270 g/mol. The van der Waals surface area contributed by atoms with Crippen LogP contribution in [0.3, 0.4) is 0 Å². The number of methoxy groups -OCH3 is 1. The summed E-state index contributed by atoms with van der Waals surface area (Å²) in [6.45, 7) is 6.12. The molecule has 116 valence electrons. The molecule has 0 aliphatic carbocycles. The Labute approximate surface area is 125 Å². The van der Waals surface area contributed by atoms with Crippen LogP contribution in [0.1, 0.15) is 19.8 Å². The number of anilines is 1. The molecule has 1 aliphatic heterocycles. The van der Waals surface area contributed by atoms with Gasteiger partial charge in [-0.25, -0.2) is 0 Å². The first-order valence-electron chi connectivity index (χ1n) is 7.39. The van der Waals surface area contributed by atoms with Crippen molar-refractivity contribution >= 4 is 11.4 Å². The first-order chi connectivity index (χ1) is 10.1. The van der Waals surface area contributed by atoms with Crippen molar-refractivity contribution in [1.82, 2.24) is 4.90 Å². The van der Waals surface area contributed by atoms with Gasteiger partial charge in [0.2, 0.25) is 0 Å². The van der Waals surface area contributed by atoms with Crippen LogP contribution in [0.5, 0.6) is 5.75 Å². The Morgan fingerprint density at radius 1 is 1.43 bits per heavy atom. The smallest absolute Gasteiger partial charge is 0.333 e. The fourth-order valence-electron chi connectivity index (χ4n) is 2.65. The standard InChI is InChI=1S/C15H23N3O3/c1-12-6-9-17(10-7-12)11-8-16-13-4-3-5-14(21-2)15(13)18(19)20/h3-5,12,16H,6-11H2,1-2H3. The van der Waals surface area contributed by atoms with Crippen molar-refractivity contribution in [2.24, 2.45) is 5.92 Å². The normalized spacial score (nSPS) is 16.7. The minimum absolute atomic E-state index is 0.00673. The predicted octanol–water partition coefficient (Wildman–Crippen LogP) is 2.75.